The third-order valence-electron chi connectivity index (χ3n) is 3.47. The topological polar surface area (TPSA) is 69.6 Å². The molecule has 0 unspecified atom stereocenters. The van der Waals surface area contributed by atoms with Crippen LogP contribution in [0.5, 0.6) is 0 Å². The smallest absolute Gasteiger partial charge is 0.247 e. The average Bonchev–Trinajstić information content (AvgIpc) is 3.21. The van der Waals surface area contributed by atoms with Crippen molar-refractivity contribution in [2.24, 2.45) is 0 Å². The van der Waals surface area contributed by atoms with Gasteiger partial charge in [0, 0.05) is 23.6 Å². The van der Waals surface area contributed by atoms with Crippen LogP contribution in [0.2, 0.25) is 5.02 Å². The summed E-state index contributed by atoms with van der Waals surface area (Å²) in [5.41, 5.74) is 0.852. The molecule has 0 atom stereocenters. The molecule has 3 aromatic rings. The predicted molar refractivity (Wildman–Crippen MR) is 94.0 cm³/mol. The second-order valence-electron chi connectivity index (χ2n) is 5.19. The van der Waals surface area contributed by atoms with Gasteiger partial charge >= 0.3 is 0 Å². The third-order valence-corrected chi connectivity index (χ3v) is 4.67. The first-order valence-electron chi connectivity index (χ1n) is 7.84. The summed E-state index contributed by atoms with van der Waals surface area (Å²) >= 11 is 7.44. The van der Waals surface area contributed by atoms with E-state index >= 15 is 0 Å². The van der Waals surface area contributed by atoms with Gasteiger partial charge in [0.1, 0.15) is 5.82 Å². The van der Waals surface area contributed by atoms with Crippen LogP contribution in [0.15, 0.2) is 33.8 Å². The van der Waals surface area contributed by atoms with Crippen molar-refractivity contribution in [1.29, 1.82) is 0 Å². The van der Waals surface area contributed by atoms with Crippen molar-refractivity contribution in [1.82, 2.24) is 25.0 Å². The van der Waals surface area contributed by atoms with Crippen molar-refractivity contribution >= 4 is 23.4 Å². The molecule has 0 saturated carbocycles. The zero-order valence-electron chi connectivity index (χ0n) is 13.6. The number of thioether (sulfide) groups is 1. The molecule has 0 aliphatic carbocycles. The van der Waals surface area contributed by atoms with Gasteiger partial charge in [-0.1, -0.05) is 30.3 Å². The van der Waals surface area contributed by atoms with Gasteiger partial charge in [-0.05, 0) is 37.6 Å². The molecular formula is C16H18ClN5OS. The van der Waals surface area contributed by atoms with Crippen LogP contribution in [0.1, 0.15) is 32.0 Å². The number of aromatic nitrogens is 5. The summed E-state index contributed by atoms with van der Waals surface area (Å²) in [4.78, 5) is 0. The SMILES string of the molecule is CCCc1nnc(SCc2nnc(-c3ccc(Cl)cc3)o2)n1CC. The van der Waals surface area contributed by atoms with Crippen molar-refractivity contribution in [2.45, 2.75) is 44.1 Å². The van der Waals surface area contributed by atoms with Crippen molar-refractivity contribution in [2.75, 3.05) is 0 Å². The number of hydrogen-bond donors (Lipinski definition) is 0. The highest BCUT2D eigenvalue weighted by Crippen LogP contribution is 2.25. The molecule has 0 saturated heterocycles. The van der Waals surface area contributed by atoms with Crippen molar-refractivity contribution in [3.8, 4) is 11.5 Å². The second-order valence-corrected chi connectivity index (χ2v) is 6.57. The van der Waals surface area contributed by atoms with E-state index in [1.807, 2.05) is 12.1 Å². The van der Waals surface area contributed by atoms with Crippen LogP contribution in [0.4, 0.5) is 0 Å². The molecule has 0 amide bonds. The summed E-state index contributed by atoms with van der Waals surface area (Å²) in [6.07, 6.45) is 1.99. The van der Waals surface area contributed by atoms with Gasteiger partial charge in [-0.2, -0.15) is 0 Å². The zero-order chi connectivity index (χ0) is 16.9. The summed E-state index contributed by atoms with van der Waals surface area (Å²) in [5, 5.41) is 18.3. The lowest BCUT2D eigenvalue weighted by atomic mass is 10.2. The molecule has 1 aromatic carbocycles. The van der Waals surface area contributed by atoms with E-state index in [0.717, 1.165) is 35.9 Å². The summed E-state index contributed by atoms with van der Waals surface area (Å²) < 4.78 is 7.85. The van der Waals surface area contributed by atoms with E-state index in [1.54, 1.807) is 23.9 Å². The zero-order valence-corrected chi connectivity index (χ0v) is 15.1. The van der Waals surface area contributed by atoms with Crippen LogP contribution >= 0.6 is 23.4 Å². The van der Waals surface area contributed by atoms with Crippen molar-refractivity contribution in [3.63, 3.8) is 0 Å². The van der Waals surface area contributed by atoms with Gasteiger partial charge in [0.05, 0.1) is 5.75 Å². The van der Waals surface area contributed by atoms with Crippen LogP contribution in [0.25, 0.3) is 11.5 Å². The molecule has 0 aliphatic rings. The maximum absolute atomic E-state index is 5.89. The van der Waals surface area contributed by atoms with E-state index in [9.17, 15) is 0 Å². The normalized spacial score (nSPS) is 11.1. The Balaban J connectivity index is 1.68. The first kappa shape index (κ1) is 17.0. The predicted octanol–water partition coefficient (Wildman–Crippen LogP) is 4.25. The van der Waals surface area contributed by atoms with E-state index in [4.69, 9.17) is 16.0 Å². The summed E-state index contributed by atoms with van der Waals surface area (Å²) in [5.74, 6) is 2.64. The quantitative estimate of drug-likeness (QED) is 0.584. The van der Waals surface area contributed by atoms with Crippen LogP contribution in [0.3, 0.4) is 0 Å². The molecule has 0 aliphatic heterocycles. The fourth-order valence-electron chi connectivity index (χ4n) is 2.30. The molecule has 0 bridgehead atoms. The number of hydrogen-bond acceptors (Lipinski definition) is 6. The number of nitrogens with zero attached hydrogens (tertiary/aromatic N) is 5. The molecule has 6 nitrogen and oxygen atoms in total. The Morgan fingerprint density at radius 3 is 2.58 bits per heavy atom. The maximum atomic E-state index is 5.89. The molecule has 24 heavy (non-hydrogen) atoms. The summed E-state index contributed by atoms with van der Waals surface area (Å²) in [6, 6.07) is 7.32. The molecule has 0 radical (unpaired) electrons. The minimum absolute atomic E-state index is 0.492. The van der Waals surface area contributed by atoms with E-state index in [1.165, 1.54) is 0 Å². The lowest BCUT2D eigenvalue weighted by Crippen LogP contribution is -2.03. The molecule has 0 fully saturated rings. The van der Waals surface area contributed by atoms with E-state index < -0.39 is 0 Å². The third kappa shape index (κ3) is 3.79. The van der Waals surface area contributed by atoms with Gasteiger partial charge in [-0.25, -0.2) is 0 Å². The van der Waals surface area contributed by atoms with Crippen LogP contribution < -0.4 is 0 Å². The van der Waals surface area contributed by atoms with Crippen LogP contribution in [0, 0.1) is 0 Å². The highest BCUT2D eigenvalue weighted by molar-refractivity contribution is 7.98. The first-order valence-corrected chi connectivity index (χ1v) is 9.20. The molecule has 3 rings (SSSR count). The number of rotatable bonds is 7. The fraction of sp³-hybridized carbons (Fsp3) is 0.375. The minimum atomic E-state index is 0.492. The van der Waals surface area contributed by atoms with Gasteiger partial charge in [0.2, 0.25) is 11.8 Å². The number of halogens is 1. The highest BCUT2D eigenvalue weighted by Gasteiger charge is 2.13. The van der Waals surface area contributed by atoms with E-state index in [-0.39, 0.29) is 0 Å². The lowest BCUT2D eigenvalue weighted by Gasteiger charge is -2.05. The number of aryl methyl sites for hydroxylation is 1. The van der Waals surface area contributed by atoms with E-state index in [0.29, 0.717) is 22.6 Å². The van der Waals surface area contributed by atoms with Crippen LogP contribution in [-0.2, 0) is 18.7 Å². The van der Waals surface area contributed by atoms with Gasteiger partial charge < -0.3 is 8.98 Å². The largest absolute Gasteiger partial charge is 0.420 e. The molecule has 8 heteroatoms. The monoisotopic (exact) mass is 363 g/mol. The Bertz CT molecular complexity index is 799. The molecule has 2 heterocycles. The number of benzene rings is 1. The maximum Gasteiger partial charge on any atom is 0.247 e. The standard InChI is InChI=1S/C16H18ClN5OS/c1-3-5-13-18-21-16(22(13)4-2)24-10-14-19-20-15(23-14)11-6-8-12(17)9-7-11/h6-9H,3-5,10H2,1-2H3. The summed E-state index contributed by atoms with van der Waals surface area (Å²) in [6.45, 7) is 5.08. The van der Waals surface area contributed by atoms with Crippen molar-refractivity contribution < 1.29 is 4.42 Å². The van der Waals surface area contributed by atoms with E-state index in [2.05, 4.69) is 38.8 Å². The highest BCUT2D eigenvalue weighted by atomic mass is 35.5. The fourth-order valence-corrected chi connectivity index (χ4v) is 3.28. The Morgan fingerprint density at radius 1 is 1.08 bits per heavy atom. The first-order chi connectivity index (χ1) is 11.7. The Kier molecular flexibility index (Phi) is 5.52. The van der Waals surface area contributed by atoms with Gasteiger partial charge in [0.15, 0.2) is 5.16 Å². The minimum Gasteiger partial charge on any atom is -0.420 e. The van der Waals surface area contributed by atoms with Crippen LogP contribution in [-0.4, -0.2) is 25.0 Å². The Labute approximate surface area is 149 Å². The Morgan fingerprint density at radius 2 is 1.88 bits per heavy atom. The molecule has 126 valence electrons. The summed E-state index contributed by atoms with van der Waals surface area (Å²) in [7, 11) is 0. The Hall–Kier alpha value is -1.86. The average molecular weight is 364 g/mol. The van der Waals surface area contributed by atoms with Gasteiger partial charge in [-0.3, -0.25) is 0 Å². The second kappa shape index (κ2) is 7.81. The van der Waals surface area contributed by atoms with Gasteiger partial charge in [0.25, 0.3) is 0 Å². The lowest BCUT2D eigenvalue weighted by molar-refractivity contribution is 0.528. The molecule has 0 spiro atoms. The molecular weight excluding hydrogens is 346 g/mol. The molecule has 0 N–H and O–H groups in total. The van der Waals surface area contributed by atoms with Crippen molar-refractivity contribution in [3.05, 3.63) is 41.0 Å². The van der Waals surface area contributed by atoms with Gasteiger partial charge in [-0.15, -0.1) is 20.4 Å². The molecule has 2 aromatic heterocycles.